The van der Waals surface area contributed by atoms with Gasteiger partial charge in [-0.05, 0) is 37.3 Å². The van der Waals surface area contributed by atoms with Gasteiger partial charge in [0.2, 0.25) is 0 Å². The van der Waals surface area contributed by atoms with Gasteiger partial charge in [-0.3, -0.25) is 0 Å². The molecule has 0 radical (unpaired) electrons. The van der Waals surface area contributed by atoms with E-state index in [1.54, 1.807) is 6.20 Å². The van der Waals surface area contributed by atoms with Crippen LogP contribution in [0, 0.1) is 5.92 Å². The molecule has 2 aromatic rings. The van der Waals surface area contributed by atoms with E-state index in [2.05, 4.69) is 20.0 Å². The van der Waals surface area contributed by atoms with Gasteiger partial charge in [0.25, 0.3) is 5.89 Å². The highest BCUT2D eigenvalue weighted by atomic mass is 16.5. The third kappa shape index (κ3) is 3.69. The quantitative estimate of drug-likeness (QED) is 0.914. The molecule has 6 heteroatoms. The molecule has 124 valence electrons. The molecule has 1 aliphatic heterocycles. The first-order valence-electron chi connectivity index (χ1n) is 8.33. The second kappa shape index (κ2) is 7.08. The normalized spacial score (nSPS) is 16.3. The van der Waals surface area contributed by atoms with Crippen LogP contribution in [-0.2, 0) is 0 Å². The Morgan fingerprint density at radius 2 is 2.09 bits per heavy atom. The molecule has 0 unspecified atom stereocenters. The van der Waals surface area contributed by atoms with Crippen molar-refractivity contribution in [1.82, 2.24) is 15.1 Å². The minimum atomic E-state index is 0.250. The van der Waals surface area contributed by atoms with Crippen molar-refractivity contribution in [3.8, 4) is 11.5 Å². The average molecular weight is 316 g/mol. The molecule has 0 atom stereocenters. The molecular formula is C17H24N4O2. The van der Waals surface area contributed by atoms with Gasteiger partial charge >= 0.3 is 0 Å². The largest absolute Gasteiger partial charge is 0.396 e. The highest BCUT2D eigenvalue weighted by molar-refractivity contribution is 5.54. The van der Waals surface area contributed by atoms with Crippen molar-refractivity contribution in [2.24, 2.45) is 5.92 Å². The minimum Gasteiger partial charge on any atom is -0.396 e. The number of aromatic nitrogens is 3. The maximum absolute atomic E-state index is 9.03. The fourth-order valence-electron chi connectivity index (χ4n) is 2.92. The van der Waals surface area contributed by atoms with E-state index in [9.17, 15) is 0 Å². The van der Waals surface area contributed by atoms with Crippen molar-refractivity contribution in [3.05, 3.63) is 24.2 Å². The molecule has 0 amide bonds. The lowest BCUT2D eigenvalue weighted by Crippen LogP contribution is -2.34. The lowest BCUT2D eigenvalue weighted by Gasteiger charge is -2.32. The van der Waals surface area contributed by atoms with Crippen molar-refractivity contribution < 1.29 is 9.63 Å². The van der Waals surface area contributed by atoms with Gasteiger partial charge in [-0.15, -0.1) is 0 Å². The first kappa shape index (κ1) is 15.9. The smallest absolute Gasteiger partial charge is 0.259 e. The number of piperidine rings is 1. The van der Waals surface area contributed by atoms with Crippen molar-refractivity contribution in [2.45, 2.75) is 39.0 Å². The Bertz CT molecular complexity index is 616. The molecule has 6 nitrogen and oxygen atoms in total. The van der Waals surface area contributed by atoms with E-state index in [1.807, 2.05) is 26.0 Å². The summed E-state index contributed by atoms with van der Waals surface area (Å²) >= 11 is 0. The molecule has 3 rings (SSSR count). The zero-order valence-electron chi connectivity index (χ0n) is 13.8. The van der Waals surface area contributed by atoms with E-state index in [0.717, 1.165) is 49.6 Å². The highest BCUT2D eigenvalue weighted by Gasteiger charge is 2.20. The van der Waals surface area contributed by atoms with Crippen LogP contribution < -0.4 is 4.90 Å². The Morgan fingerprint density at radius 1 is 1.30 bits per heavy atom. The van der Waals surface area contributed by atoms with Crippen LogP contribution in [-0.4, -0.2) is 39.9 Å². The Labute approximate surface area is 136 Å². The van der Waals surface area contributed by atoms with E-state index in [4.69, 9.17) is 9.63 Å². The van der Waals surface area contributed by atoms with Crippen LogP contribution in [0.1, 0.15) is 44.9 Å². The Morgan fingerprint density at radius 3 is 2.65 bits per heavy atom. The number of aliphatic hydroxyl groups excluding tert-OH is 1. The maximum Gasteiger partial charge on any atom is 0.259 e. The van der Waals surface area contributed by atoms with E-state index in [-0.39, 0.29) is 5.92 Å². The van der Waals surface area contributed by atoms with Gasteiger partial charge < -0.3 is 14.5 Å². The monoisotopic (exact) mass is 316 g/mol. The summed E-state index contributed by atoms with van der Waals surface area (Å²) in [6.45, 7) is 6.36. The van der Waals surface area contributed by atoms with Gasteiger partial charge in [-0.1, -0.05) is 19.0 Å². The molecule has 2 aromatic heterocycles. The Balaban J connectivity index is 1.65. The summed E-state index contributed by atoms with van der Waals surface area (Å²) in [5.41, 5.74) is 0.850. The molecule has 1 saturated heterocycles. The van der Waals surface area contributed by atoms with E-state index in [0.29, 0.717) is 18.4 Å². The van der Waals surface area contributed by atoms with E-state index in [1.165, 1.54) is 0 Å². The predicted molar refractivity (Wildman–Crippen MR) is 88.3 cm³/mol. The summed E-state index contributed by atoms with van der Waals surface area (Å²) in [5.74, 6) is 3.12. The second-order valence-corrected chi connectivity index (χ2v) is 6.46. The summed E-state index contributed by atoms with van der Waals surface area (Å²) in [4.78, 5) is 11.2. The zero-order valence-corrected chi connectivity index (χ0v) is 13.8. The second-order valence-electron chi connectivity index (χ2n) is 6.46. The third-order valence-electron chi connectivity index (χ3n) is 4.43. The molecule has 0 aromatic carbocycles. The number of rotatable bonds is 5. The van der Waals surface area contributed by atoms with E-state index >= 15 is 0 Å². The first-order valence-corrected chi connectivity index (χ1v) is 8.33. The first-order chi connectivity index (χ1) is 11.2. The van der Waals surface area contributed by atoms with Crippen LogP contribution in [0.25, 0.3) is 11.5 Å². The van der Waals surface area contributed by atoms with Gasteiger partial charge in [0.15, 0.2) is 5.82 Å². The molecule has 0 bridgehead atoms. The molecule has 23 heavy (non-hydrogen) atoms. The standard InChI is InChI=1S/C17H24N4O2/c1-12(2)16-19-17(23-20-16)14-3-4-15(18-11-14)21-8-5-13(6-9-21)7-10-22/h3-4,11-13,22H,5-10H2,1-2H3. The van der Waals surface area contributed by atoms with Crippen LogP contribution in [0.3, 0.4) is 0 Å². The number of hydrogen-bond acceptors (Lipinski definition) is 6. The lowest BCUT2D eigenvalue weighted by molar-refractivity contribution is 0.240. The van der Waals surface area contributed by atoms with Gasteiger partial charge in [0, 0.05) is 31.8 Å². The van der Waals surface area contributed by atoms with Gasteiger partial charge in [0.1, 0.15) is 5.82 Å². The topological polar surface area (TPSA) is 75.3 Å². The van der Waals surface area contributed by atoms with Crippen LogP contribution in [0.2, 0.25) is 0 Å². The number of nitrogens with zero attached hydrogens (tertiary/aromatic N) is 4. The summed E-state index contributed by atoms with van der Waals surface area (Å²) in [7, 11) is 0. The maximum atomic E-state index is 9.03. The summed E-state index contributed by atoms with van der Waals surface area (Å²) in [5, 5.41) is 13.0. The molecule has 1 N–H and O–H groups in total. The van der Waals surface area contributed by atoms with Crippen LogP contribution in [0.4, 0.5) is 5.82 Å². The van der Waals surface area contributed by atoms with Gasteiger partial charge in [-0.2, -0.15) is 4.98 Å². The number of pyridine rings is 1. The number of anilines is 1. The zero-order chi connectivity index (χ0) is 16.2. The number of aliphatic hydroxyl groups is 1. The van der Waals surface area contributed by atoms with Crippen molar-refractivity contribution in [2.75, 3.05) is 24.6 Å². The SMILES string of the molecule is CC(C)c1noc(-c2ccc(N3CCC(CCO)CC3)nc2)n1. The summed E-state index contributed by atoms with van der Waals surface area (Å²) in [6, 6.07) is 4.00. The highest BCUT2D eigenvalue weighted by Crippen LogP contribution is 2.25. The Kier molecular flexibility index (Phi) is 4.91. The molecule has 0 spiro atoms. The van der Waals surface area contributed by atoms with Crippen molar-refractivity contribution in [3.63, 3.8) is 0 Å². The fourth-order valence-corrected chi connectivity index (χ4v) is 2.92. The molecule has 1 aliphatic rings. The van der Waals surface area contributed by atoms with Gasteiger partial charge in [-0.25, -0.2) is 4.98 Å². The van der Waals surface area contributed by atoms with Crippen molar-refractivity contribution >= 4 is 5.82 Å². The minimum absolute atomic E-state index is 0.250. The lowest BCUT2D eigenvalue weighted by atomic mass is 9.94. The van der Waals surface area contributed by atoms with Crippen LogP contribution >= 0.6 is 0 Å². The number of hydrogen-bond donors (Lipinski definition) is 1. The molecule has 0 saturated carbocycles. The molecule has 0 aliphatic carbocycles. The van der Waals surface area contributed by atoms with Crippen LogP contribution in [0.5, 0.6) is 0 Å². The average Bonchev–Trinajstić information content (AvgIpc) is 3.06. The fraction of sp³-hybridized carbons (Fsp3) is 0.588. The Hall–Kier alpha value is -1.95. The summed E-state index contributed by atoms with van der Waals surface area (Å²) in [6.07, 6.45) is 4.94. The predicted octanol–water partition coefficient (Wildman–Crippen LogP) is 2.85. The summed E-state index contributed by atoms with van der Waals surface area (Å²) < 4.78 is 5.30. The third-order valence-corrected chi connectivity index (χ3v) is 4.43. The molecule has 1 fully saturated rings. The van der Waals surface area contributed by atoms with Crippen molar-refractivity contribution in [1.29, 1.82) is 0 Å². The van der Waals surface area contributed by atoms with Crippen LogP contribution in [0.15, 0.2) is 22.9 Å². The van der Waals surface area contributed by atoms with E-state index < -0.39 is 0 Å². The van der Waals surface area contributed by atoms with Gasteiger partial charge in [0.05, 0.1) is 5.56 Å². The molecular weight excluding hydrogens is 292 g/mol. The molecule has 3 heterocycles.